The van der Waals surface area contributed by atoms with Crippen LogP contribution in [0.2, 0.25) is 0 Å². The van der Waals surface area contributed by atoms with Crippen molar-refractivity contribution in [1.82, 2.24) is 19.7 Å². The van der Waals surface area contributed by atoms with Crippen molar-refractivity contribution in [3.8, 4) is 11.5 Å². The van der Waals surface area contributed by atoms with Crippen LogP contribution >= 0.6 is 23.4 Å². The molecule has 0 amide bonds. The molecule has 8 heteroatoms. The number of halogens is 1. The fourth-order valence-corrected chi connectivity index (χ4v) is 3.29. The van der Waals surface area contributed by atoms with E-state index in [1.165, 1.54) is 11.8 Å². The Labute approximate surface area is 163 Å². The summed E-state index contributed by atoms with van der Waals surface area (Å²) < 4.78 is 7.22. The van der Waals surface area contributed by atoms with Crippen LogP contribution < -0.4 is 4.74 Å². The summed E-state index contributed by atoms with van der Waals surface area (Å²) >= 11 is 7.33. The summed E-state index contributed by atoms with van der Waals surface area (Å²) in [5.41, 5.74) is 0.787. The minimum absolute atomic E-state index is 0.238. The number of rotatable bonds is 10. The smallest absolute Gasteiger partial charge is 0.191 e. The van der Waals surface area contributed by atoms with Crippen molar-refractivity contribution >= 4 is 23.4 Å². The van der Waals surface area contributed by atoms with Gasteiger partial charge < -0.3 is 14.4 Å². The van der Waals surface area contributed by atoms with E-state index in [4.69, 9.17) is 16.3 Å². The molecule has 1 heterocycles. The number of phenols is 1. The first kappa shape index (κ1) is 20.4. The normalized spacial score (nSPS) is 10.9. The summed E-state index contributed by atoms with van der Waals surface area (Å²) in [5, 5.41) is 19.9. The second-order valence-corrected chi connectivity index (χ2v) is 7.25. The van der Waals surface area contributed by atoms with Crippen molar-refractivity contribution in [3.05, 3.63) is 53.9 Å². The molecular formula is C18H23ClN4O2S. The summed E-state index contributed by atoms with van der Waals surface area (Å²) in [4.78, 5) is 2.05. The van der Waals surface area contributed by atoms with E-state index < -0.39 is 0 Å². The maximum Gasteiger partial charge on any atom is 0.191 e. The lowest BCUT2D eigenvalue weighted by Gasteiger charge is -2.18. The molecular weight excluding hydrogens is 372 g/mol. The predicted octanol–water partition coefficient (Wildman–Crippen LogP) is 3.65. The monoisotopic (exact) mass is 394 g/mol. The van der Waals surface area contributed by atoms with Crippen LogP contribution in [0.25, 0.3) is 0 Å². The Kier molecular flexibility index (Phi) is 7.56. The molecule has 0 fully saturated rings. The highest BCUT2D eigenvalue weighted by Crippen LogP contribution is 2.25. The summed E-state index contributed by atoms with van der Waals surface area (Å²) in [5.74, 6) is 2.34. The third-order valence-electron chi connectivity index (χ3n) is 3.60. The van der Waals surface area contributed by atoms with Crippen molar-refractivity contribution < 1.29 is 9.84 Å². The quantitative estimate of drug-likeness (QED) is 0.490. The molecule has 0 unspecified atom stereocenters. The van der Waals surface area contributed by atoms with Gasteiger partial charge in [-0.3, -0.25) is 4.90 Å². The minimum Gasteiger partial charge on any atom is -0.508 e. The number of nitrogens with zero attached hydrogens (tertiary/aromatic N) is 4. The van der Waals surface area contributed by atoms with E-state index in [-0.39, 0.29) is 5.75 Å². The summed E-state index contributed by atoms with van der Waals surface area (Å²) in [6.45, 7) is 9.22. The molecule has 0 spiro atoms. The number of thioether (sulfide) groups is 1. The van der Waals surface area contributed by atoms with Gasteiger partial charge in [-0.15, -0.1) is 16.8 Å². The van der Waals surface area contributed by atoms with Gasteiger partial charge in [-0.05, 0) is 25.2 Å². The van der Waals surface area contributed by atoms with Crippen LogP contribution in [0.5, 0.6) is 11.5 Å². The molecule has 0 saturated carbocycles. The fourth-order valence-electron chi connectivity index (χ4n) is 2.40. The highest BCUT2D eigenvalue weighted by molar-refractivity contribution is 7.99. The van der Waals surface area contributed by atoms with Crippen LogP contribution in [0, 0.1) is 0 Å². The molecule has 0 saturated heterocycles. The Bertz CT molecular complexity index is 779. The van der Waals surface area contributed by atoms with Crippen molar-refractivity contribution in [3.63, 3.8) is 0 Å². The van der Waals surface area contributed by atoms with E-state index in [2.05, 4.69) is 23.4 Å². The minimum atomic E-state index is 0.238. The van der Waals surface area contributed by atoms with Crippen LogP contribution in [-0.4, -0.2) is 44.7 Å². The van der Waals surface area contributed by atoms with Gasteiger partial charge in [-0.25, -0.2) is 0 Å². The van der Waals surface area contributed by atoms with Gasteiger partial charge >= 0.3 is 0 Å². The fraction of sp³-hybridized carbons (Fsp3) is 0.333. The van der Waals surface area contributed by atoms with E-state index in [0.717, 1.165) is 16.5 Å². The number of aromatic nitrogens is 3. The molecule has 0 aliphatic carbocycles. The largest absolute Gasteiger partial charge is 0.508 e. The van der Waals surface area contributed by atoms with Gasteiger partial charge in [-0.2, -0.15) is 0 Å². The molecule has 0 bridgehead atoms. The number of phenolic OH excluding ortho intramolecular Hbond substituents is 1. The van der Waals surface area contributed by atoms with Crippen LogP contribution in [0.1, 0.15) is 11.4 Å². The highest BCUT2D eigenvalue weighted by Gasteiger charge is 2.15. The topological polar surface area (TPSA) is 63.4 Å². The molecule has 2 rings (SSSR count). The first-order valence-electron chi connectivity index (χ1n) is 7.98. The Balaban J connectivity index is 2.11. The van der Waals surface area contributed by atoms with Gasteiger partial charge in [0.25, 0.3) is 0 Å². The molecule has 0 aliphatic rings. The molecule has 1 aromatic heterocycles. The molecule has 0 radical (unpaired) electrons. The molecule has 1 N–H and O–H groups in total. The lowest BCUT2D eigenvalue weighted by atomic mass is 10.2. The predicted molar refractivity (Wildman–Crippen MR) is 106 cm³/mol. The standard InChI is InChI=1S/C18H23ClN4O2S/c1-5-8-23-17(20-21-18(23)26-12-13(2)19)11-22(3)10-14-9-15(25-4)6-7-16(14)24/h5-7,9,24H,1-2,8,10-12H2,3-4H3. The first-order valence-corrected chi connectivity index (χ1v) is 9.34. The van der Waals surface area contributed by atoms with E-state index in [1.807, 2.05) is 22.6 Å². The van der Waals surface area contributed by atoms with Crippen molar-refractivity contribution in [2.24, 2.45) is 0 Å². The lowest BCUT2D eigenvalue weighted by molar-refractivity contribution is 0.298. The molecule has 1 aromatic carbocycles. The van der Waals surface area contributed by atoms with Crippen molar-refractivity contribution in [2.75, 3.05) is 19.9 Å². The van der Waals surface area contributed by atoms with E-state index >= 15 is 0 Å². The number of benzene rings is 1. The summed E-state index contributed by atoms with van der Waals surface area (Å²) in [6.07, 6.45) is 1.81. The summed E-state index contributed by atoms with van der Waals surface area (Å²) in [7, 11) is 3.56. The number of aromatic hydroxyl groups is 1. The zero-order valence-corrected chi connectivity index (χ0v) is 16.6. The van der Waals surface area contributed by atoms with Gasteiger partial charge in [0.1, 0.15) is 17.3 Å². The maximum absolute atomic E-state index is 10.1. The SMILES string of the molecule is C=CCn1c(CN(C)Cc2cc(OC)ccc2O)nnc1SCC(=C)Cl. The Morgan fingerprint density at radius 3 is 2.85 bits per heavy atom. The average Bonchev–Trinajstić information content (AvgIpc) is 2.97. The highest BCUT2D eigenvalue weighted by atomic mass is 35.5. The summed E-state index contributed by atoms with van der Waals surface area (Å²) in [6, 6.07) is 5.19. The van der Waals surface area contributed by atoms with E-state index in [9.17, 15) is 5.11 Å². The number of allylic oxidation sites excluding steroid dienone is 1. The van der Waals surface area contributed by atoms with Gasteiger partial charge in [0.15, 0.2) is 5.16 Å². The van der Waals surface area contributed by atoms with Crippen LogP contribution in [0.4, 0.5) is 0 Å². The maximum atomic E-state index is 10.1. The number of ether oxygens (including phenoxy) is 1. The Hall–Kier alpha value is -1.96. The van der Waals surface area contributed by atoms with Crippen LogP contribution in [0.3, 0.4) is 0 Å². The Morgan fingerprint density at radius 1 is 1.42 bits per heavy atom. The average molecular weight is 395 g/mol. The molecule has 6 nitrogen and oxygen atoms in total. The number of methoxy groups -OCH3 is 1. The van der Waals surface area contributed by atoms with E-state index in [0.29, 0.717) is 36.2 Å². The first-order chi connectivity index (χ1) is 12.4. The van der Waals surface area contributed by atoms with Gasteiger partial charge in [-0.1, -0.05) is 36.0 Å². The third-order valence-corrected chi connectivity index (χ3v) is 4.95. The van der Waals surface area contributed by atoms with Gasteiger partial charge in [0.05, 0.1) is 13.7 Å². The Morgan fingerprint density at radius 2 is 2.19 bits per heavy atom. The second kappa shape index (κ2) is 9.66. The number of hydrogen-bond acceptors (Lipinski definition) is 6. The van der Waals surface area contributed by atoms with Gasteiger partial charge in [0, 0.05) is 29.4 Å². The van der Waals surface area contributed by atoms with Crippen molar-refractivity contribution in [2.45, 2.75) is 24.8 Å². The third kappa shape index (κ3) is 5.52. The van der Waals surface area contributed by atoms with Crippen molar-refractivity contribution in [1.29, 1.82) is 0 Å². The van der Waals surface area contributed by atoms with E-state index in [1.54, 1.807) is 25.3 Å². The zero-order valence-electron chi connectivity index (χ0n) is 15.0. The van der Waals surface area contributed by atoms with Gasteiger partial charge in [0.2, 0.25) is 0 Å². The van der Waals surface area contributed by atoms with Crippen LogP contribution in [0.15, 0.2) is 47.6 Å². The zero-order chi connectivity index (χ0) is 19.1. The van der Waals surface area contributed by atoms with Crippen LogP contribution in [-0.2, 0) is 19.6 Å². The molecule has 0 aliphatic heterocycles. The molecule has 2 aromatic rings. The second-order valence-electron chi connectivity index (χ2n) is 5.77. The molecule has 26 heavy (non-hydrogen) atoms. The molecule has 140 valence electrons. The lowest BCUT2D eigenvalue weighted by Crippen LogP contribution is -2.20. The molecule has 0 atom stereocenters. The number of hydrogen-bond donors (Lipinski definition) is 1.